The smallest absolute Gasteiger partial charge is 0.407 e. The van der Waals surface area contributed by atoms with Gasteiger partial charge in [0.05, 0.1) is 12.1 Å². The number of carbonyl (C=O) groups is 2. The zero-order chi connectivity index (χ0) is 12.0. The normalized spacial score (nSPS) is 9.50. The van der Waals surface area contributed by atoms with Crippen molar-refractivity contribution < 1.29 is 23.8 Å². The number of rotatable bonds is 5. The molecule has 0 radical (unpaired) electrons. The first-order valence-electron chi connectivity index (χ1n) is 4.45. The van der Waals surface area contributed by atoms with Crippen LogP contribution in [-0.2, 0) is 11.3 Å². The molecule has 16 heavy (non-hydrogen) atoms. The van der Waals surface area contributed by atoms with Crippen molar-refractivity contribution in [2.45, 2.75) is 6.54 Å². The molecule has 1 amide bonds. The summed E-state index contributed by atoms with van der Waals surface area (Å²) in [7, 11) is 0. The van der Waals surface area contributed by atoms with Crippen LogP contribution in [-0.4, -0.2) is 23.8 Å². The van der Waals surface area contributed by atoms with Crippen molar-refractivity contribution in [3.05, 3.63) is 36.3 Å². The van der Waals surface area contributed by atoms with Crippen molar-refractivity contribution >= 4 is 12.1 Å². The first kappa shape index (κ1) is 11.8. The molecule has 0 spiro atoms. The van der Waals surface area contributed by atoms with Gasteiger partial charge in [-0.2, -0.15) is 0 Å². The van der Waals surface area contributed by atoms with Crippen molar-refractivity contribution in [2.75, 3.05) is 6.61 Å². The number of carboxylic acids is 1. The zero-order valence-corrected chi connectivity index (χ0v) is 8.43. The molecule has 1 rings (SSSR count). The first-order valence-corrected chi connectivity index (χ1v) is 4.45. The molecule has 1 aromatic heterocycles. The minimum absolute atomic E-state index is 0.0382. The number of aromatic carboxylic acids is 1. The Morgan fingerprint density at radius 2 is 2.38 bits per heavy atom. The van der Waals surface area contributed by atoms with E-state index in [0.29, 0.717) is 5.76 Å². The third kappa shape index (κ3) is 3.49. The highest BCUT2D eigenvalue weighted by atomic mass is 16.5. The lowest BCUT2D eigenvalue weighted by Crippen LogP contribution is -2.23. The quantitative estimate of drug-likeness (QED) is 0.739. The van der Waals surface area contributed by atoms with Gasteiger partial charge in [-0.3, -0.25) is 0 Å². The number of hydrogen-bond donors (Lipinski definition) is 2. The van der Waals surface area contributed by atoms with Crippen LogP contribution in [0.3, 0.4) is 0 Å². The SMILES string of the molecule is C=CCOC(=O)NCc1cc(C(=O)O)co1. The van der Waals surface area contributed by atoms with E-state index in [9.17, 15) is 9.59 Å². The van der Waals surface area contributed by atoms with Crippen molar-refractivity contribution in [3.8, 4) is 0 Å². The molecule has 6 heteroatoms. The molecule has 0 fully saturated rings. The van der Waals surface area contributed by atoms with Gasteiger partial charge in [0, 0.05) is 0 Å². The Hall–Kier alpha value is -2.24. The lowest BCUT2D eigenvalue weighted by atomic mass is 10.3. The lowest BCUT2D eigenvalue weighted by molar-refractivity contribution is 0.0696. The summed E-state index contributed by atoms with van der Waals surface area (Å²) >= 11 is 0. The van der Waals surface area contributed by atoms with E-state index in [2.05, 4.69) is 16.6 Å². The number of furan rings is 1. The molecule has 0 aliphatic rings. The summed E-state index contributed by atoms with van der Waals surface area (Å²) in [4.78, 5) is 21.5. The minimum atomic E-state index is -1.08. The van der Waals surface area contributed by atoms with E-state index in [1.165, 1.54) is 12.1 Å². The van der Waals surface area contributed by atoms with E-state index in [4.69, 9.17) is 9.52 Å². The molecule has 0 aliphatic heterocycles. The van der Waals surface area contributed by atoms with Gasteiger partial charge in [0.15, 0.2) is 0 Å². The number of amides is 1. The third-order valence-electron chi connectivity index (χ3n) is 1.64. The van der Waals surface area contributed by atoms with Crippen LogP contribution in [0.5, 0.6) is 0 Å². The molecule has 2 N–H and O–H groups in total. The fourth-order valence-corrected chi connectivity index (χ4v) is 0.930. The summed E-state index contributed by atoms with van der Waals surface area (Å²) in [6.45, 7) is 3.57. The highest BCUT2D eigenvalue weighted by Gasteiger charge is 2.09. The molecule has 0 saturated heterocycles. The fourth-order valence-electron chi connectivity index (χ4n) is 0.930. The van der Waals surface area contributed by atoms with Gasteiger partial charge in [-0.1, -0.05) is 12.7 Å². The molecular weight excluding hydrogens is 214 g/mol. The van der Waals surface area contributed by atoms with Crippen LogP contribution in [0.4, 0.5) is 4.79 Å². The van der Waals surface area contributed by atoms with Gasteiger partial charge in [0.25, 0.3) is 0 Å². The second-order valence-electron chi connectivity index (χ2n) is 2.85. The Labute approximate surface area is 91.5 Å². The van der Waals surface area contributed by atoms with Crippen LogP contribution < -0.4 is 5.32 Å². The van der Waals surface area contributed by atoms with Crippen molar-refractivity contribution in [2.24, 2.45) is 0 Å². The fraction of sp³-hybridized carbons (Fsp3) is 0.200. The van der Waals surface area contributed by atoms with E-state index in [0.717, 1.165) is 6.26 Å². The lowest BCUT2D eigenvalue weighted by Gasteiger charge is -2.02. The highest BCUT2D eigenvalue weighted by molar-refractivity contribution is 5.87. The van der Waals surface area contributed by atoms with Gasteiger partial charge in [0.1, 0.15) is 18.6 Å². The Balaban J connectivity index is 2.39. The maximum absolute atomic E-state index is 11.0. The predicted molar refractivity (Wildman–Crippen MR) is 54.1 cm³/mol. The average Bonchev–Trinajstić information content (AvgIpc) is 2.72. The molecular formula is C10H11NO5. The molecule has 6 nitrogen and oxygen atoms in total. The average molecular weight is 225 g/mol. The summed E-state index contributed by atoms with van der Waals surface area (Å²) in [5.74, 6) is -0.739. The summed E-state index contributed by atoms with van der Waals surface area (Å²) in [6, 6.07) is 1.33. The minimum Gasteiger partial charge on any atom is -0.478 e. The van der Waals surface area contributed by atoms with Gasteiger partial charge in [-0.05, 0) is 6.07 Å². The monoisotopic (exact) mass is 225 g/mol. The maximum Gasteiger partial charge on any atom is 0.407 e. The molecule has 1 heterocycles. The van der Waals surface area contributed by atoms with Crippen molar-refractivity contribution in [1.29, 1.82) is 0 Å². The van der Waals surface area contributed by atoms with Crippen molar-refractivity contribution in [3.63, 3.8) is 0 Å². The number of carboxylic acid groups (broad SMARTS) is 1. The largest absolute Gasteiger partial charge is 0.478 e. The number of nitrogens with one attached hydrogen (secondary N) is 1. The maximum atomic E-state index is 11.0. The number of ether oxygens (including phenoxy) is 1. The van der Waals surface area contributed by atoms with Gasteiger partial charge < -0.3 is 19.6 Å². The Morgan fingerprint density at radius 1 is 1.62 bits per heavy atom. The summed E-state index contributed by atoms with van der Waals surface area (Å²) < 4.78 is 9.55. The highest BCUT2D eigenvalue weighted by Crippen LogP contribution is 2.07. The summed E-state index contributed by atoms with van der Waals surface area (Å²) in [5.41, 5.74) is 0.0382. The van der Waals surface area contributed by atoms with Gasteiger partial charge in [-0.15, -0.1) is 0 Å². The predicted octanol–water partition coefficient (Wildman–Crippen LogP) is 1.39. The molecule has 0 unspecified atom stereocenters. The van der Waals surface area contributed by atoms with Crippen LogP contribution in [0.1, 0.15) is 16.1 Å². The van der Waals surface area contributed by atoms with E-state index < -0.39 is 12.1 Å². The second-order valence-corrected chi connectivity index (χ2v) is 2.85. The van der Waals surface area contributed by atoms with E-state index in [1.54, 1.807) is 0 Å². The van der Waals surface area contributed by atoms with Crippen LogP contribution in [0.15, 0.2) is 29.4 Å². The number of alkyl carbamates (subject to hydrolysis) is 1. The van der Waals surface area contributed by atoms with Crippen LogP contribution in [0.25, 0.3) is 0 Å². The summed E-state index contributed by atoms with van der Waals surface area (Å²) in [6.07, 6.45) is 1.93. The standard InChI is InChI=1S/C10H11NO5/c1-2-3-15-10(14)11-5-8-4-7(6-16-8)9(12)13/h2,4,6H,1,3,5H2,(H,11,14)(H,12,13). The van der Waals surface area contributed by atoms with E-state index in [-0.39, 0.29) is 18.7 Å². The van der Waals surface area contributed by atoms with Gasteiger partial charge >= 0.3 is 12.1 Å². The Bertz CT molecular complexity index is 396. The second kappa shape index (κ2) is 5.59. The number of carbonyl (C=O) groups excluding carboxylic acids is 1. The van der Waals surface area contributed by atoms with Gasteiger partial charge in [0.2, 0.25) is 0 Å². The Morgan fingerprint density at radius 3 is 2.94 bits per heavy atom. The molecule has 86 valence electrons. The first-order chi connectivity index (χ1) is 7.63. The molecule has 0 saturated carbocycles. The molecule has 0 atom stereocenters. The Kier molecular flexibility index (Phi) is 4.14. The van der Waals surface area contributed by atoms with E-state index >= 15 is 0 Å². The van der Waals surface area contributed by atoms with Crippen LogP contribution in [0, 0.1) is 0 Å². The summed E-state index contributed by atoms with van der Waals surface area (Å²) in [5, 5.41) is 11.0. The molecule has 1 aromatic rings. The number of hydrogen-bond acceptors (Lipinski definition) is 4. The zero-order valence-electron chi connectivity index (χ0n) is 8.43. The van der Waals surface area contributed by atoms with E-state index in [1.807, 2.05) is 0 Å². The van der Waals surface area contributed by atoms with Crippen molar-refractivity contribution in [1.82, 2.24) is 5.32 Å². The molecule has 0 aliphatic carbocycles. The molecule has 0 aromatic carbocycles. The van der Waals surface area contributed by atoms with Crippen LogP contribution in [0.2, 0.25) is 0 Å². The third-order valence-corrected chi connectivity index (χ3v) is 1.64. The van der Waals surface area contributed by atoms with Gasteiger partial charge in [-0.25, -0.2) is 9.59 Å². The van der Waals surface area contributed by atoms with Crippen LogP contribution >= 0.6 is 0 Å². The topological polar surface area (TPSA) is 88.8 Å². The molecule has 0 bridgehead atoms.